The van der Waals surface area contributed by atoms with Crippen molar-refractivity contribution in [3.05, 3.63) is 107 Å². The van der Waals surface area contributed by atoms with E-state index in [9.17, 15) is 9.59 Å². The third-order valence-corrected chi connectivity index (χ3v) is 7.38. The molecule has 0 aliphatic carbocycles. The fourth-order valence-corrected chi connectivity index (χ4v) is 4.79. The second-order valence-corrected chi connectivity index (χ2v) is 10.9. The van der Waals surface area contributed by atoms with Crippen LogP contribution in [0.3, 0.4) is 0 Å². The van der Waals surface area contributed by atoms with Crippen LogP contribution in [0, 0.1) is 26.7 Å². The number of hydrogen-bond acceptors (Lipinski definition) is 6. The molecule has 236 valence electrons. The third-order valence-electron chi connectivity index (χ3n) is 7.38. The molecule has 3 heterocycles. The van der Waals surface area contributed by atoms with Crippen molar-refractivity contribution in [2.75, 3.05) is 5.32 Å². The Labute approximate surface area is 267 Å². The van der Waals surface area contributed by atoms with Crippen LogP contribution in [0.4, 0.5) is 5.69 Å². The van der Waals surface area contributed by atoms with Gasteiger partial charge in [-0.2, -0.15) is 0 Å². The first-order valence-electron chi connectivity index (χ1n) is 15.9. The summed E-state index contributed by atoms with van der Waals surface area (Å²) in [7, 11) is 0. The Bertz CT molecular complexity index is 1690. The molecule has 0 radical (unpaired) electrons. The second-order valence-electron chi connectivity index (χ2n) is 10.9. The first kappa shape index (κ1) is 34.8. The number of hydrogen-bond donors (Lipinski definition) is 1. The van der Waals surface area contributed by atoms with Crippen molar-refractivity contribution in [2.24, 2.45) is 5.92 Å². The molecule has 5 rings (SSSR count). The highest BCUT2D eigenvalue weighted by Crippen LogP contribution is 2.28. The zero-order valence-electron chi connectivity index (χ0n) is 27.9. The van der Waals surface area contributed by atoms with Crippen molar-refractivity contribution >= 4 is 28.3 Å². The number of aryl methyl sites for hydroxylation is 4. The average molecular weight is 607 g/mol. The highest BCUT2D eigenvalue weighted by molar-refractivity contribution is 6.13. The van der Waals surface area contributed by atoms with Crippen LogP contribution in [0.5, 0.6) is 0 Å². The molecule has 0 aliphatic heterocycles. The van der Waals surface area contributed by atoms with E-state index in [1.54, 1.807) is 36.7 Å². The summed E-state index contributed by atoms with van der Waals surface area (Å²) in [4.78, 5) is 38.8. The minimum atomic E-state index is -0.224. The van der Waals surface area contributed by atoms with Gasteiger partial charge in [0.25, 0.3) is 5.91 Å². The molecule has 0 fully saturated rings. The molecule has 0 spiro atoms. The molecule has 5 aromatic rings. The fourth-order valence-electron chi connectivity index (χ4n) is 4.79. The van der Waals surface area contributed by atoms with Crippen LogP contribution >= 0.6 is 0 Å². The summed E-state index contributed by atoms with van der Waals surface area (Å²) in [6.07, 6.45) is 9.48. The molecule has 0 saturated carbocycles. The van der Waals surface area contributed by atoms with Crippen molar-refractivity contribution in [3.8, 4) is 11.3 Å². The molecule has 7 heteroatoms. The smallest absolute Gasteiger partial charge is 0.256 e. The van der Waals surface area contributed by atoms with Crippen LogP contribution in [0.15, 0.2) is 77.6 Å². The van der Waals surface area contributed by atoms with Gasteiger partial charge in [-0.3, -0.25) is 14.6 Å². The molecule has 0 saturated heterocycles. The minimum Gasteiger partial charge on any atom is -0.446 e. The number of rotatable bonds is 9. The molecule has 0 aliphatic rings. The number of nitrogens with zero attached hydrogens (tertiary/aromatic N) is 3. The van der Waals surface area contributed by atoms with Gasteiger partial charge < -0.3 is 9.73 Å². The van der Waals surface area contributed by atoms with E-state index in [0.29, 0.717) is 22.5 Å². The van der Waals surface area contributed by atoms with E-state index >= 15 is 0 Å². The lowest BCUT2D eigenvalue weighted by Crippen LogP contribution is -2.14. The van der Waals surface area contributed by atoms with Crippen molar-refractivity contribution in [3.63, 3.8) is 0 Å². The van der Waals surface area contributed by atoms with Gasteiger partial charge in [-0.1, -0.05) is 52.7 Å². The summed E-state index contributed by atoms with van der Waals surface area (Å²) in [6, 6.07) is 16.7. The lowest BCUT2D eigenvalue weighted by Gasteiger charge is -2.13. The van der Waals surface area contributed by atoms with Gasteiger partial charge >= 0.3 is 0 Å². The van der Waals surface area contributed by atoms with Crippen LogP contribution in [0.1, 0.15) is 97.4 Å². The third kappa shape index (κ3) is 9.42. The van der Waals surface area contributed by atoms with Gasteiger partial charge in [-0.05, 0) is 80.8 Å². The molecule has 1 amide bonds. The lowest BCUT2D eigenvalue weighted by atomic mass is 9.97. The van der Waals surface area contributed by atoms with E-state index in [-0.39, 0.29) is 17.6 Å². The van der Waals surface area contributed by atoms with Crippen LogP contribution < -0.4 is 5.32 Å². The number of benzene rings is 2. The predicted octanol–water partition coefficient (Wildman–Crippen LogP) is 9.75. The SMILES string of the molecule is CC.CCC(C)C(=O)c1ccc(NC(=O)c2cc(-c3cccnc3)nc3c(C)cc(C)cc23)cc1.CCCCc1cnc(C)o1. The van der Waals surface area contributed by atoms with E-state index < -0.39 is 0 Å². The van der Waals surface area contributed by atoms with Gasteiger partial charge in [0.1, 0.15) is 5.76 Å². The normalized spacial score (nSPS) is 11.1. The van der Waals surface area contributed by atoms with E-state index in [2.05, 4.69) is 28.3 Å². The molecule has 2 aromatic carbocycles. The standard InChI is InChI=1S/C28H27N3O2.C8H13NO.C2H6/c1-5-18(3)27(32)20-8-10-22(11-9-20)30-28(33)24-15-25(21-7-6-12-29-16-21)31-26-19(4)13-17(2)14-23(24)26;1-3-4-5-8-6-9-7(2)10-8;1-2/h6-16,18H,5H2,1-4H3,(H,30,33);6H,3-5H2,1-2H3;1-2H3. The molecule has 0 bridgehead atoms. The maximum atomic E-state index is 13.4. The zero-order valence-corrected chi connectivity index (χ0v) is 27.9. The number of carbonyl (C=O) groups excluding carboxylic acids is 2. The molecule has 7 nitrogen and oxygen atoms in total. The monoisotopic (exact) mass is 606 g/mol. The summed E-state index contributed by atoms with van der Waals surface area (Å²) in [5.74, 6) is 1.65. The largest absolute Gasteiger partial charge is 0.446 e. The van der Waals surface area contributed by atoms with Gasteiger partial charge in [0.2, 0.25) is 0 Å². The first-order chi connectivity index (χ1) is 21.7. The van der Waals surface area contributed by atoms with Gasteiger partial charge in [0, 0.05) is 53.9 Å². The summed E-state index contributed by atoms with van der Waals surface area (Å²) < 4.78 is 5.27. The number of anilines is 1. The number of amides is 1. The molecular weight excluding hydrogens is 560 g/mol. The highest BCUT2D eigenvalue weighted by atomic mass is 16.3. The van der Waals surface area contributed by atoms with Crippen molar-refractivity contribution in [2.45, 2.75) is 81.1 Å². The molecule has 45 heavy (non-hydrogen) atoms. The van der Waals surface area contributed by atoms with Gasteiger partial charge in [0.05, 0.1) is 23.0 Å². The number of carbonyl (C=O) groups is 2. The number of oxazole rings is 1. The Morgan fingerprint density at radius 3 is 2.29 bits per heavy atom. The maximum absolute atomic E-state index is 13.4. The molecular formula is C38H46N4O3. The summed E-state index contributed by atoms with van der Waals surface area (Å²) in [5.41, 5.74) is 6.26. The highest BCUT2D eigenvalue weighted by Gasteiger charge is 2.17. The quantitative estimate of drug-likeness (QED) is 0.168. The number of Topliss-reactive ketones (excluding diaryl/α,β-unsaturated/α-hetero) is 1. The van der Waals surface area contributed by atoms with Gasteiger partial charge in [-0.25, -0.2) is 9.97 Å². The van der Waals surface area contributed by atoms with E-state index in [1.807, 2.05) is 78.9 Å². The van der Waals surface area contributed by atoms with Crippen LogP contribution in [0.2, 0.25) is 0 Å². The van der Waals surface area contributed by atoms with Crippen molar-refractivity contribution < 1.29 is 14.0 Å². The Morgan fingerprint density at radius 2 is 1.69 bits per heavy atom. The Morgan fingerprint density at radius 1 is 0.956 bits per heavy atom. The number of fused-ring (bicyclic) bond motifs is 1. The fraction of sp³-hybridized carbons (Fsp3) is 0.342. The van der Waals surface area contributed by atoms with Crippen molar-refractivity contribution in [1.82, 2.24) is 15.0 Å². The average Bonchev–Trinajstić information content (AvgIpc) is 3.49. The molecule has 1 N–H and O–H groups in total. The minimum absolute atomic E-state index is 0.0222. The van der Waals surface area contributed by atoms with E-state index in [4.69, 9.17) is 9.40 Å². The van der Waals surface area contributed by atoms with E-state index in [0.717, 1.165) is 52.1 Å². The van der Waals surface area contributed by atoms with Gasteiger partial charge in [-0.15, -0.1) is 0 Å². The Balaban J connectivity index is 0.000000389. The Kier molecular flexibility index (Phi) is 13.2. The molecule has 3 aromatic heterocycles. The predicted molar refractivity (Wildman–Crippen MR) is 184 cm³/mol. The van der Waals surface area contributed by atoms with Crippen LogP contribution in [-0.4, -0.2) is 26.6 Å². The summed E-state index contributed by atoms with van der Waals surface area (Å²) in [5, 5.41) is 3.79. The topological polar surface area (TPSA) is 98.0 Å². The number of nitrogens with one attached hydrogen (secondary N) is 1. The number of aromatic nitrogens is 3. The summed E-state index contributed by atoms with van der Waals surface area (Å²) >= 11 is 0. The van der Waals surface area contributed by atoms with Crippen LogP contribution in [-0.2, 0) is 6.42 Å². The summed E-state index contributed by atoms with van der Waals surface area (Å²) in [6.45, 7) is 16.0. The van der Waals surface area contributed by atoms with Crippen molar-refractivity contribution in [1.29, 1.82) is 0 Å². The maximum Gasteiger partial charge on any atom is 0.256 e. The zero-order chi connectivity index (χ0) is 32.9. The second kappa shape index (κ2) is 17.0. The molecule has 1 atom stereocenters. The number of unbranched alkanes of at least 4 members (excludes halogenated alkanes) is 1. The van der Waals surface area contributed by atoms with Gasteiger partial charge in [0.15, 0.2) is 11.7 Å². The number of pyridine rings is 2. The lowest BCUT2D eigenvalue weighted by molar-refractivity contribution is 0.0927. The number of ketones is 1. The van der Waals surface area contributed by atoms with Crippen LogP contribution in [0.25, 0.3) is 22.2 Å². The van der Waals surface area contributed by atoms with E-state index in [1.165, 1.54) is 12.8 Å². The Hall–Kier alpha value is -4.65. The first-order valence-corrected chi connectivity index (χ1v) is 15.9. The molecule has 1 unspecified atom stereocenters.